The number of azo groups is 1. The fourth-order valence-electron chi connectivity index (χ4n) is 32.9. The summed E-state index contributed by atoms with van der Waals surface area (Å²) in [6.45, 7) is 7.58. The minimum atomic E-state index is -3.27. The molecule has 37 aromatic carbocycles. The number of hydrogen-bond acceptors (Lipinski definition) is 8. The zero-order valence-corrected chi connectivity index (χ0v) is 79.7. The van der Waals surface area contributed by atoms with Gasteiger partial charge in [0, 0.05) is 93.5 Å². The van der Waals surface area contributed by atoms with Crippen molar-refractivity contribution in [3.05, 3.63) is 307 Å². The molecule has 0 fully saturated rings. The van der Waals surface area contributed by atoms with Crippen LogP contribution in [0.3, 0.4) is 0 Å². The van der Waals surface area contributed by atoms with Crippen LogP contribution in [0.4, 0.5) is 11.4 Å². The molecule has 0 spiro atoms. The van der Waals surface area contributed by atoms with Gasteiger partial charge in [0.25, 0.3) is 0 Å². The molecular weight excluding hydrogens is 1810 g/mol. The molecule has 0 atom stereocenters. The molecule has 0 N–H and O–H groups in total. The van der Waals surface area contributed by atoms with Gasteiger partial charge in [0.15, 0.2) is 23.4 Å². The molecule has 4 aliphatic rings. The zero-order valence-electron chi connectivity index (χ0n) is 76.2. The Labute approximate surface area is 821 Å². The maximum atomic E-state index is 11.9. The van der Waals surface area contributed by atoms with E-state index < -0.39 is 18.9 Å². The van der Waals surface area contributed by atoms with Crippen LogP contribution < -0.4 is 20.7 Å². The largest absolute Gasteiger partial charge is 0.288 e. The third-order valence-electron chi connectivity index (χ3n) is 36.9. The highest BCUT2D eigenvalue weighted by atomic mass is 32.2. The van der Waals surface area contributed by atoms with Gasteiger partial charge in [-0.15, -0.1) is 0 Å². The Morgan fingerprint density at radius 1 is 0.224 bits per heavy atom. The number of carbonyl (C=O) groups excluding carboxylic acids is 3. The van der Waals surface area contributed by atoms with Crippen molar-refractivity contribution in [2.45, 2.75) is 55.8 Å². The summed E-state index contributed by atoms with van der Waals surface area (Å²) in [5, 5.41) is 100. The molecule has 5 nitrogen and oxygen atoms in total. The van der Waals surface area contributed by atoms with Gasteiger partial charge in [0.05, 0.1) is 16.8 Å². The maximum Gasteiger partial charge on any atom is 0.186 e. The van der Waals surface area contributed by atoms with Crippen molar-refractivity contribution in [2.24, 2.45) is 10.2 Å². The second kappa shape index (κ2) is 22.6. The van der Waals surface area contributed by atoms with E-state index in [0.717, 1.165) is 98.9 Å². The summed E-state index contributed by atoms with van der Waals surface area (Å²) < 4.78 is 0. The summed E-state index contributed by atoms with van der Waals surface area (Å²) in [5.74, 6) is 38.4. The molecule has 143 heavy (non-hydrogen) atoms. The predicted octanol–water partition coefficient (Wildman–Crippen LogP) is 30.1. The van der Waals surface area contributed by atoms with E-state index in [1.807, 2.05) is 78.9 Å². The van der Waals surface area contributed by atoms with E-state index in [4.69, 9.17) is 10.2 Å². The average Bonchev–Trinajstić information content (AvgIpc) is 1.38. The van der Waals surface area contributed by atoms with Crippen LogP contribution in [0.5, 0.6) is 0 Å². The van der Waals surface area contributed by atoms with E-state index >= 15 is 0 Å². The molecule has 0 amide bonds. The molecule has 0 aliphatic heterocycles. The monoisotopic (exact) mass is 1860 g/mol. The van der Waals surface area contributed by atoms with Gasteiger partial charge in [-0.05, 0) is 491 Å². The molecule has 9 heteroatoms. The van der Waals surface area contributed by atoms with Crippen LogP contribution in [0.15, 0.2) is 229 Å². The Balaban J connectivity index is 0.444. The number of carbonyl (C=O) groups is 3. The van der Waals surface area contributed by atoms with Gasteiger partial charge in [-0.25, -0.2) is 0 Å². The summed E-state index contributed by atoms with van der Waals surface area (Å²) in [7, 11) is -3.27. The molecule has 0 saturated heterocycles. The molecule has 0 heterocycles. The Morgan fingerprint density at radius 2 is 0.406 bits per heavy atom. The van der Waals surface area contributed by atoms with Gasteiger partial charge in [-0.1, -0.05) is 179 Å². The van der Waals surface area contributed by atoms with Crippen molar-refractivity contribution < 1.29 is 14.4 Å². The van der Waals surface area contributed by atoms with Crippen molar-refractivity contribution in [1.29, 1.82) is 0 Å². The first-order chi connectivity index (χ1) is 70.3. The SMILES string of the molecule is CC(=O)SCc1cccc(C#Cc2ccc([Si](c3ccc(C#Cc4ccc(N=Nc5ccc(C#CC67c8c9c%10c%11c%12c%13c(c%14c%15c6c6c8c8c%16c9c9c%10c%10c%12c%12c%17c%13c%13c%14c%14c%15c%15c6c6c8c8c%16c%16c9c9c%10c%12c%10c%12c%17c%13c%13c%14c%14c%15c6c6c8c8c%16c9c%10c9c%12c%13c%14c6c89)C%117C)cc5)cc4)cc3)(c3ccc(C#Cc4cccc(CSC(C)=O)c4)cc3)c3ccc(C#Cc4cccc(CSC(C)=O)c4)cc3)cc2)c1. The first-order valence-corrected chi connectivity index (χ1v) is 54.4. The molecule has 0 aromatic heterocycles. The highest BCUT2D eigenvalue weighted by molar-refractivity contribution is 8.13. The van der Waals surface area contributed by atoms with Crippen molar-refractivity contribution in [3.8, 4) is 59.2 Å². The van der Waals surface area contributed by atoms with Crippen molar-refractivity contribution in [1.82, 2.24) is 0 Å². The second-order valence-corrected chi connectivity index (χ2v) is 49.9. The number of thioether (sulfide) groups is 3. The molecule has 0 radical (unpaired) electrons. The fourth-order valence-corrected chi connectivity index (χ4v) is 39.3. The number of rotatable bonds is 12. The molecule has 0 saturated carbocycles. The van der Waals surface area contributed by atoms with Crippen molar-refractivity contribution >= 4 is 382 Å². The first kappa shape index (κ1) is 72.4. The number of benzene rings is 27. The van der Waals surface area contributed by atoms with Gasteiger partial charge < -0.3 is 0 Å². The molecule has 4 aliphatic carbocycles. The third kappa shape index (κ3) is 7.12. The van der Waals surface area contributed by atoms with Gasteiger partial charge in [-0.3, -0.25) is 14.4 Å². The van der Waals surface area contributed by atoms with Crippen LogP contribution in [-0.2, 0) is 42.5 Å². The van der Waals surface area contributed by atoms with Crippen LogP contribution >= 0.6 is 35.3 Å². The molecule has 0 unspecified atom stereocenters. The smallest absolute Gasteiger partial charge is 0.186 e. The summed E-state index contributed by atoms with van der Waals surface area (Å²) in [4.78, 5) is 35.8. The van der Waals surface area contributed by atoms with Crippen LogP contribution in [0.25, 0.3) is 291 Å². The fraction of sp³-hybridized carbons (Fsp3) is 0.0672. The van der Waals surface area contributed by atoms with Crippen LogP contribution in [0.1, 0.15) is 117 Å². The van der Waals surface area contributed by atoms with Crippen molar-refractivity contribution in [2.75, 3.05) is 0 Å². The normalized spacial score (nSPS) is 16.1. The number of hydrogen-bond donors (Lipinski definition) is 0. The van der Waals surface area contributed by atoms with Gasteiger partial charge in [-0.2, -0.15) is 10.2 Å². The quantitative estimate of drug-likeness (QED) is 0.0399. The molecule has 41 rings (SSSR count). The highest BCUT2D eigenvalue weighted by Gasteiger charge is 2.68. The van der Waals surface area contributed by atoms with Crippen LogP contribution in [0, 0.1) is 59.2 Å². The van der Waals surface area contributed by atoms with E-state index in [0.29, 0.717) is 17.3 Å². The second-order valence-electron chi connectivity index (χ2n) is 42.7. The van der Waals surface area contributed by atoms with Gasteiger partial charge in [0.2, 0.25) is 0 Å². The Hall–Kier alpha value is -16.9. The average molecular weight is 1860 g/mol. The summed E-state index contributed by atoms with van der Waals surface area (Å²) in [6.07, 6.45) is 0. The Morgan fingerprint density at radius 3 is 0.615 bits per heavy atom. The summed E-state index contributed by atoms with van der Waals surface area (Å²) in [6, 6.07) is 76.3. The summed E-state index contributed by atoms with van der Waals surface area (Å²) in [5.41, 5.74) is 17.7. The topological polar surface area (TPSA) is 75.9 Å². The molecule has 37 aromatic rings. The van der Waals surface area contributed by atoms with Crippen LogP contribution in [0.2, 0.25) is 0 Å². The lowest BCUT2D eigenvalue weighted by molar-refractivity contribution is -0.109. The minimum absolute atomic E-state index is 0.0836. The standard InChI is InChI=1S/C134H54N2O3S3Si/c1-54(137)140-51-66-11-5-8-63(48-66)19-16-59-28-40-72(41-29-59)143(73-42-30-60(31-43-73)17-20-64-9-6-12-67(49-64)52-141-55(2)138,74-44-32-61(33-45-74)18-21-65-10-7-13-68(50-65)53-142-56(3)139)71-38-26-58(27-39-71)15-14-57-22-34-69(35-23-57)135-136-70-36-24-62(25-37-70)46-47-134-131-125-119-109-97-89-81-77-75-76-79-83(81)91(97)101-95-87(79)88-80(76)84-82-78(75)86-85(77)93-99(89)107-113-103(93)104-94(86)100-90(82)98-92(84)102-96(88)106-105(95)117(111(101)119)127(131)128-118(106)112(102)120-110(98)116-108(100)114(104)122-121(113)129(123(125)115(107)109)133(134,4)130(122)124(116)126(120)132(128)134/h5-13,22-45,48-50H,51-53H2,1-4H3. The Bertz CT molecular complexity index is 11900. The maximum absolute atomic E-state index is 11.9. The van der Waals surface area contributed by atoms with Crippen LogP contribution in [-0.4, -0.2) is 23.4 Å². The lowest BCUT2D eigenvalue weighted by Crippen LogP contribution is -2.74. The van der Waals surface area contributed by atoms with Gasteiger partial charge in [0.1, 0.15) is 0 Å². The highest BCUT2D eigenvalue weighted by Crippen LogP contribution is 2.85. The minimum Gasteiger partial charge on any atom is -0.288 e. The number of nitrogens with zero attached hydrogens (tertiary/aromatic N) is 2. The Kier molecular flexibility index (Phi) is 11.4. The van der Waals surface area contributed by atoms with E-state index in [2.05, 4.69) is 206 Å². The third-order valence-corrected chi connectivity index (χ3v) is 44.4. The predicted molar refractivity (Wildman–Crippen MR) is 603 cm³/mol. The molecule has 640 valence electrons. The first-order valence-electron chi connectivity index (χ1n) is 49.4. The molecular formula is C134H54N2O3S3Si. The lowest BCUT2D eigenvalue weighted by Gasteiger charge is -2.49. The van der Waals surface area contributed by atoms with Gasteiger partial charge >= 0.3 is 0 Å². The molecule has 0 bridgehead atoms. The van der Waals surface area contributed by atoms with Crippen molar-refractivity contribution in [3.63, 3.8) is 0 Å². The lowest BCUT2D eigenvalue weighted by atomic mass is 9.49. The van der Waals surface area contributed by atoms with E-state index in [-0.39, 0.29) is 15.3 Å². The summed E-state index contributed by atoms with van der Waals surface area (Å²) >= 11 is 3.90. The van der Waals surface area contributed by atoms with E-state index in [9.17, 15) is 14.4 Å². The van der Waals surface area contributed by atoms with E-state index in [1.54, 1.807) is 323 Å². The van der Waals surface area contributed by atoms with E-state index in [1.165, 1.54) is 46.4 Å². The zero-order chi connectivity index (χ0) is 92.3.